The van der Waals surface area contributed by atoms with E-state index in [1.54, 1.807) is 19.1 Å². The van der Waals surface area contributed by atoms with Crippen molar-refractivity contribution in [3.05, 3.63) is 28.2 Å². The molecule has 1 aromatic carbocycles. The molecule has 1 atom stereocenters. The Morgan fingerprint density at radius 3 is 2.70 bits per heavy atom. The average Bonchev–Trinajstić information content (AvgIpc) is 2.35. The molecule has 7 heteroatoms. The van der Waals surface area contributed by atoms with Gasteiger partial charge in [0.25, 0.3) is 5.91 Å². The van der Waals surface area contributed by atoms with E-state index in [1.165, 1.54) is 6.07 Å². The van der Waals surface area contributed by atoms with Crippen LogP contribution in [0.2, 0.25) is 10.0 Å². The summed E-state index contributed by atoms with van der Waals surface area (Å²) in [6.45, 7) is 1.54. The highest BCUT2D eigenvalue weighted by Gasteiger charge is 2.11. The second kappa shape index (κ2) is 7.97. The zero-order valence-electron chi connectivity index (χ0n) is 10.9. The minimum absolute atomic E-state index is 0.00527. The van der Waals surface area contributed by atoms with Crippen molar-refractivity contribution >= 4 is 35.1 Å². The monoisotopic (exact) mass is 319 g/mol. The Balaban J connectivity index is 2.37. The number of carbonyl (C=O) groups is 2. The van der Waals surface area contributed by atoms with E-state index in [-0.39, 0.29) is 25.0 Å². The van der Waals surface area contributed by atoms with Gasteiger partial charge in [-0.3, -0.25) is 9.59 Å². The predicted molar refractivity (Wildman–Crippen MR) is 76.4 cm³/mol. The summed E-state index contributed by atoms with van der Waals surface area (Å²) in [5, 5.41) is 12.0. The number of hydrogen-bond acceptors (Lipinski definition) is 3. The summed E-state index contributed by atoms with van der Waals surface area (Å²) in [6, 6.07) is 4.47. The van der Waals surface area contributed by atoms with E-state index in [9.17, 15) is 9.59 Å². The van der Waals surface area contributed by atoms with Gasteiger partial charge in [0.15, 0.2) is 6.61 Å². The second-order valence-electron chi connectivity index (χ2n) is 4.26. The summed E-state index contributed by atoms with van der Waals surface area (Å²) in [5.41, 5.74) is 0. The fourth-order valence-corrected chi connectivity index (χ4v) is 1.93. The lowest BCUT2D eigenvalue weighted by molar-refractivity contribution is -0.137. The molecule has 0 saturated carbocycles. The number of carboxylic acid groups (broad SMARTS) is 1. The molecule has 110 valence electrons. The summed E-state index contributed by atoms with van der Waals surface area (Å²) in [4.78, 5) is 22.0. The number of hydrogen-bond donors (Lipinski definition) is 2. The predicted octanol–water partition coefficient (Wildman–Crippen LogP) is 2.74. The Hall–Kier alpha value is -1.46. The van der Waals surface area contributed by atoms with Gasteiger partial charge in [0.05, 0.1) is 5.02 Å². The van der Waals surface area contributed by atoms with E-state index in [2.05, 4.69) is 5.32 Å². The summed E-state index contributed by atoms with van der Waals surface area (Å²) in [7, 11) is 0. The largest absolute Gasteiger partial charge is 0.482 e. The molecule has 0 fully saturated rings. The van der Waals surface area contributed by atoms with Crippen LogP contribution in [-0.2, 0) is 9.59 Å². The van der Waals surface area contributed by atoms with Gasteiger partial charge in [0, 0.05) is 17.5 Å². The zero-order valence-corrected chi connectivity index (χ0v) is 12.4. The molecule has 0 saturated heterocycles. The fraction of sp³-hybridized carbons (Fsp3) is 0.385. The van der Waals surface area contributed by atoms with Gasteiger partial charge in [-0.15, -0.1) is 0 Å². The van der Waals surface area contributed by atoms with E-state index in [0.29, 0.717) is 22.2 Å². The van der Waals surface area contributed by atoms with Gasteiger partial charge >= 0.3 is 5.97 Å². The molecule has 0 aliphatic carbocycles. The quantitative estimate of drug-likeness (QED) is 0.810. The van der Waals surface area contributed by atoms with Crippen molar-refractivity contribution in [1.82, 2.24) is 5.32 Å². The van der Waals surface area contributed by atoms with E-state index >= 15 is 0 Å². The highest BCUT2D eigenvalue weighted by molar-refractivity contribution is 6.35. The van der Waals surface area contributed by atoms with Crippen molar-refractivity contribution in [2.24, 2.45) is 0 Å². The summed E-state index contributed by atoms with van der Waals surface area (Å²) >= 11 is 11.6. The highest BCUT2D eigenvalue weighted by Crippen LogP contribution is 2.27. The van der Waals surface area contributed by atoms with Crippen LogP contribution < -0.4 is 10.1 Å². The lowest BCUT2D eigenvalue weighted by Crippen LogP contribution is -2.36. The molecule has 5 nitrogen and oxygen atoms in total. The first-order valence-corrected chi connectivity index (χ1v) is 6.73. The third kappa shape index (κ3) is 6.12. The molecule has 1 rings (SSSR count). The number of halogens is 2. The Morgan fingerprint density at radius 2 is 2.10 bits per heavy atom. The molecule has 0 radical (unpaired) electrons. The van der Waals surface area contributed by atoms with Gasteiger partial charge in [-0.2, -0.15) is 0 Å². The van der Waals surface area contributed by atoms with Crippen LogP contribution in [0.5, 0.6) is 5.75 Å². The van der Waals surface area contributed by atoms with Gasteiger partial charge in [-0.25, -0.2) is 0 Å². The molecule has 0 spiro atoms. The summed E-state index contributed by atoms with van der Waals surface area (Å²) in [5.74, 6) is -0.867. The molecule has 0 aliphatic heterocycles. The lowest BCUT2D eigenvalue weighted by Gasteiger charge is -2.13. The molecule has 2 N–H and O–H groups in total. The Bertz CT molecular complexity index is 493. The van der Waals surface area contributed by atoms with Gasteiger partial charge in [0.1, 0.15) is 5.75 Å². The number of nitrogens with one attached hydrogen (secondary N) is 1. The van der Waals surface area contributed by atoms with Crippen molar-refractivity contribution in [1.29, 1.82) is 0 Å². The smallest absolute Gasteiger partial charge is 0.303 e. The first-order chi connectivity index (χ1) is 9.38. The number of ether oxygens (including phenoxy) is 1. The van der Waals surface area contributed by atoms with Crippen LogP contribution in [0.25, 0.3) is 0 Å². The van der Waals surface area contributed by atoms with Crippen LogP contribution in [0.15, 0.2) is 18.2 Å². The third-order valence-corrected chi connectivity index (χ3v) is 2.98. The maximum Gasteiger partial charge on any atom is 0.303 e. The SMILES string of the molecule is CC(CCC(=O)O)NC(=O)COc1ccc(Cl)cc1Cl. The van der Waals surface area contributed by atoms with E-state index in [4.69, 9.17) is 33.0 Å². The van der Waals surface area contributed by atoms with Crippen LogP contribution in [-0.4, -0.2) is 29.6 Å². The highest BCUT2D eigenvalue weighted by atomic mass is 35.5. The number of amides is 1. The zero-order chi connectivity index (χ0) is 15.1. The Kier molecular flexibility index (Phi) is 6.61. The summed E-state index contributed by atoms with van der Waals surface area (Å²) < 4.78 is 5.26. The number of aliphatic carboxylic acids is 1. The molecule has 0 heterocycles. The molecular weight excluding hydrogens is 305 g/mol. The van der Waals surface area contributed by atoms with Crippen LogP contribution in [0.1, 0.15) is 19.8 Å². The van der Waals surface area contributed by atoms with Gasteiger partial charge in [0.2, 0.25) is 0 Å². The number of carbonyl (C=O) groups excluding carboxylic acids is 1. The molecule has 1 aromatic rings. The van der Waals surface area contributed by atoms with Crippen molar-refractivity contribution in [2.45, 2.75) is 25.8 Å². The molecule has 1 amide bonds. The summed E-state index contributed by atoms with van der Waals surface area (Å²) in [6.07, 6.45) is 0.369. The van der Waals surface area contributed by atoms with Gasteiger partial charge in [-0.05, 0) is 31.5 Å². The molecule has 0 aliphatic rings. The first kappa shape index (κ1) is 16.6. The van der Waals surface area contributed by atoms with Crippen molar-refractivity contribution < 1.29 is 19.4 Å². The molecule has 0 aromatic heterocycles. The van der Waals surface area contributed by atoms with E-state index in [1.807, 2.05) is 0 Å². The van der Waals surface area contributed by atoms with Crippen LogP contribution in [0.4, 0.5) is 0 Å². The topological polar surface area (TPSA) is 75.6 Å². The van der Waals surface area contributed by atoms with E-state index < -0.39 is 5.97 Å². The van der Waals surface area contributed by atoms with Gasteiger partial charge < -0.3 is 15.2 Å². The maximum atomic E-state index is 11.6. The van der Waals surface area contributed by atoms with Crippen LogP contribution in [0.3, 0.4) is 0 Å². The maximum absolute atomic E-state index is 11.6. The molecular formula is C13H15Cl2NO4. The Labute approximate surface area is 126 Å². The standard InChI is InChI=1S/C13H15Cl2NO4/c1-8(2-5-13(18)19)16-12(17)7-20-11-4-3-9(14)6-10(11)15/h3-4,6,8H,2,5,7H2,1H3,(H,16,17)(H,18,19). The van der Waals surface area contributed by atoms with Crippen molar-refractivity contribution in [2.75, 3.05) is 6.61 Å². The third-order valence-electron chi connectivity index (χ3n) is 2.45. The number of rotatable bonds is 7. The number of carboxylic acids is 1. The molecule has 0 bridgehead atoms. The first-order valence-electron chi connectivity index (χ1n) is 5.97. The van der Waals surface area contributed by atoms with E-state index in [0.717, 1.165) is 0 Å². The fourth-order valence-electron chi connectivity index (χ4n) is 1.46. The van der Waals surface area contributed by atoms with Crippen molar-refractivity contribution in [3.63, 3.8) is 0 Å². The van der Waals surface area contributed by atoms with Crippen LogP contribution in [0, 0.1) is 0 Å². The second-order valence-corrected chi connectivity index (χ2v) is 5.11. The molecule has 1 unspecified atom stereocenters. The number of benzene rings is 1. The van der Waals surface area contributed by atoms with Gasteiger partial charge in [-0.1, -0.05) is 23.2 Å². The normalized spacial score (nSPS) is 11.8. The van der Waals surface area contributed by atoms with Crippen molar-refractivity contribution in [3.8, 4) is 5.75 Å². The Morgan fingerprint density at radius 1 is 1.40 bits per heavy atom. The average molecular weight is 320 g/mol. The minimum Gasteiger partial charge on any atom is -0.482 e. The molecule has 20 heavy (non-hydrogen) atoms. The van der Waals surface area contributed by atoms with Crippen LogP contribution >= 0.6 is 23.2 Å². The minimum atomic E-state index is -0.893. The lowest BCUT2D eigenvalue weighted by atomic mass is 10.2.